The first-order valence-corrected chi connectivity index (χ1v) is 11.9. The van der Waals surface area contributed by atoms with E-state index in [9.17, 15) is 19.1 Å². The van der Waals surface area contributed by atoms with Crippen molar-refractivity contribution < 1.29 is 19.1 Å². The molecule has 5 rings (SSSR count). The van der Waals surface area contributed by atoms with Gasteiger partial charge in [0.15, 0.2) is 0 Å². The van der Waals surface area contributed by atoms with Crippen LogP contribution in [-0.4, -0.2) is 27.6 Å². The highest BCUT2D eigenvalue weighted by atomic mass is 19.1. The lowest BCUT2D eigenvalue weighted by molar-refractivity contribution is -0.137. The van der Waals surface area contributed by atoms with Crippen molar-refractivity contribution in [3.05, 3.63) is 107 Å². The lowest BCUT2D eigenvalue weighted by Crippen LogP contribution is -2.42. The molecule has 3 aromatic carbocycles. The van der Waals surface area contributed by atoms with E-state index in [2.05, 4.69) is 5.32 Å². The van der Waals surface area contributed by atoms with Gasteiger partial charge in [0.1, 0.15) is 12.4 Å². The van der Waals surface area contributed by atoms with Gasteiger partial charge < -0.3 is 15.0 Å². The average molecular weight is 471 g/mol. The molecule has 0 spiro atoms. The fourth-order valence-electron chi connectivity index (χ4n) is 5.26. The van der Waals surface area contributed by atoms with Gasteiger partial charge in [-0.2, -0.15) is 0 Å². The Morgan fingerprint density at radius 2 is 1.74 bits per heavy atom. The third-order valence-electron chi connectivity index (χ3n) is 6.87. The number of fused-ring (bicyclic) bond motifs is 3. The molecule has 1 aliphatic rings. The second-order valence-electron chi connectivity index (χ2n) is 9.17. The first kappa shape index (κ1) is 22.8. The predicted molar refractivity (Wildman–Crippen MR) is 133 cm³/mol. The van der Waals surface area contributed by atoms with Gasteiger partial charge in [-0.1, -0.05) is 60.7 Å². The predicted octanol–water partition coefficient (Wildman–Crippen LogP) is 4.87. The van der Waals surface area contributed by atoms with Crippen LogP contribution in [0.2, 0.25) is 0 Å². The summed E-state index contributed by atoms with van der Waals surface area (Å²) in [5.74, 6) is -1.65. The van der Waals surface area contributed by atoms with Crippen molar-refractivity contribution >= 4 is 22.8 Å². The number of hydrogen-bond acceptors (Lipinski definition) is 2. The Kier molecular flexibility index (Phi) is 6.36. The fraction of sp³-hybridized carbons (Fsp3) is 0.241. The third kappa shape index (κ3) is 4.83. The van der Waals surface area contributed by atoms with E-state index in [0.29, 0.717) is 25.7 Å². The third-order valence-corrected chi connectivity index (χ3v) is 6.87. The summed E-state index contributed by atoms with van der Waals surface area (Å²) in [7, 11) is 0. The summed E-state index contributed by atoms with van der Waals surface area (Å²) in [6.45, 7) is -0.165. The molecule has 0 fully saturated rings. The Morgan fingerprint density at radius 1 is 1.03 bits per heavy atom. The van der Waals surface area contributed by atoms with Crippen molar-refractivity contribution in [1.29, 1.82) is 0 Å². The van der Waals surface area contributed by atoms with Gasteiger partial charge in [0, 0.05) is 22.6 Å². The van der Waals surface area contributed by atoms with Crippen molar-refractivity contribution in [3.8, 4) is 0 Å². The zero-order chi connectivity index (χ0) is 24.4. The number of halogens is 1. The minimum Gasteiger partial charge on any atom is -0.480 e. The van der Waals surface area contributed by atoms with Crippen molar-refractivity contribution in [1.82, 2.24) is 9.88 Å². The Morgan fingerprint density at radius 3 is 2.46 bits per heavy atom. The summed E-state index contributed by atoms with van der Waals surface area (Å²) in [4.78, 5) is 25.0. The van der Waals surface area contributed by atoms with Crippen LogP contribution in [0.15, 0.2) is 78.9 Å². The van der Waals surface area contributed by atoms with Crippen LogP contribution in [0.3, 0.4) is 0 Å². The van der Waals surface area contributed by atoms with E-state index in [1.807, 2.05) is 60.7 Å². The molecule has 0 bridgehead atoms. The van der Waals surface area contributed by atoms with E-state index in [-0.39, 0.29) is 30.2 Å². The van der Waals surface area contributed by atoms with Crippen LogP contribution < -0.4 is 5.32 Å². The van der Waals surface area contributed by atoms with Crippen LogP contribution in [0.25, 0.3) is 10.9 Å². The smallest absolute Gasteiger partial charge is 0.323 e. The first-order chi connectivity index (χ1) is 17.0. The average Bonchev–Trinajstić information content (AvgIpc) is 3.15. The minimum atomic E-state index is -0.934. The van der Waals surface area contributed by atoms with Crippen molar-refractivity contribution in [2.75, 3.05) is 0 Å². The number of benzene rings is 3. The Labute approximate surface area is 203 Å². The fourth-order valence-corrected chi connectivity index (χ4v) is 5.26. The van der Waals surface area contributed by atoms with Crippen molar-refractivity contribution in [2.24, 2.45) is 0 Å². The summed E-state index contributed by atoms with van der Waals surface area (Å²) >= 11 is 0. The second-order valence-corrected chi connectivity index (χ2v) is 9.17. The second kappa shape index (κ2) is 9.74. The molecule has 0 saturated carbocycles. The minimum absolute atomic E-state index is 0.0334. The summed E-state index contributed by atoms with van der Waals surface area (Å²) < 4.78 is 15.9. The molecule has 1 aliphatic carbocycles. The van der Waals surface area contributed by atoms with Crippen molar-refractivity contribution in [3.63, 3.8) is 0 Å². The van der Waals surface area contributed by atoms with Gasteiger partial charge >= 0.3 is 5.97 Å². The van der Waals surface area contributed by atoms with E-state index in [4.69, 9.17) is 0 Å². The zero-order valence-corrected chi connectivity index (χ0v) is 19.3. The quantitative estimate of drug-likeness (QED) is 0.405. The van der Waals surface area contributed by atoms with Gasteiger partial charge in [-0.25, -0.2) is 4.39 Å². The molecule has 1 amide bonds. The van der Waals surface area contributed by atoms with Crippen molar-refractivity contribution in [2.45, 2.75) is 44.2 Å². The molecular weight excluding hydrogens is 443 g/mol. The largest absolute Gasteiger partial charge is 0.480 e. The summed E-state index contributed by atoms with van der Waals surface area (Å²) in [5, 5.41) is 13.4. The molecule has 6 heteroatoms. The van der Waals surface area contributed by atoms with Gasteiger partial charge in [-0.15, -0.1) is 0 Å². The topological polar surface area (TPSA) is 71.3 Å². The molecule has 2 unspecified atom stereocenters. The highest BCUT2D eigenvalue weighted by Gasteiger charge is 2.29. The van der Waals surface area contributed by atoms with E-state index < -0.39 is 5.97 Å². The number of aromatic nitrogens is 1. The zero-order valence-electron chi connectivity index (χ0n) is 19.3. The number of nitrogens with zero attached hydrogens (tertiary/aromatic N) is 1. The number of hydrogen-bond donors (Lipinski definition) is 2. The maximum absolute atomic E-state index is 14.1. The van der Waals surface area contributed by atoms with E-state index in [0.717, 1.165) is 33.3 Å². The van der Waals surface area contributed by atoms with Crippen LogP contribution in [0.1, 0.15) is 34.7 Å². The number of carbonyl (C=O) groups excluding carboxylic acids is 1. The summed E-state index contributed by atoms with van der Waals surface area (Å²) in [6.07, 6.45) is 2.46. The molecule has 1 heterocycles. The molecule has 2 N–H and O–H groups in total. The molecule has 2 atom stereocenters. The monoisotopic (exact) mass is 470 g/mol. The van der Waals surface area contributed by atoms with Gasteiger partial charge in [0.25, 0.3) is 0 Å². The van der Waals surface area contributed by atoms with Crippen LogP contribution in [-0.2, 0) is 35.4 Å². The molecule has 0 saturated heterocycles. The maximum atomic E-state index is 14.1. The number of carbonyl (C=O) groups is 2. The first-order valence-electron chi connectivity index (χ1n) is 11.9. The molecule has 1 aromatic heterocycles. The summed E-state index contributed by atoms with van der Waals surface area (Å²) in [5.41, 5.74) is 4.62. The molecule has 178 valence electrons. The SMILES string of the molecule is O=C(O)Cn1c2c(c3cc(F)ccc31)CC(NC(=O)C(Cc1ccccc1)c1ccccc1)CC2. The number of aliphatic carboxylic acids is 1. The van der Waals surface area contributed by atoms with Crippen LogP contribution >= 0.6 is 0 Å². The van der Waals surface area contributed by atoms with Crippen LogP contribution in [0.4, 0.5) is 4.39 Å². The lowest BCUT2D eigenvalue weighted by atomic mass is 9.88. The molecule has 0 radical (unpaired) electrons. The highest BCUT2D eigenvalue weighted by Crippen LogP contribution is 2.33. The van der Waals surface area contributed by atoms with Gasteiger partial charge in [-0.3, -0.25) is 9.59 Å². The Balaban J connectivity index is 1.41. The number of amides is 1. The Hall–Kier alpha value is -3.93. The number of rotatable bonds is 7. The number of nitrogens with one attached hydrogen (secondary N) is 1. The molecular formula is C29H27FN2O3. The Bertz CT molecular complexity index is 1370. The highest BCUT2D eigenvalue weighted by molar-refractivity contribution is 5.88. The molecule has 0 aliphatic heterocycles. The van der Waals surface area contributed by atoms with E-state index in [1.165, 1.54) is 12.1 Å². The van der Waals surface area contributed by atoms with Crippen LogP contribution in [0.5, 0.6) is 0 Å². The van der Waals surface area contributed by atoms with E-state index in [1.54, 1.807) is 10.6 Å². The normalized spacial score (nSPS) is 16.0. The summed E-state index contributed by atoms with van der Waals surface area (Å²) in [6, 6.07) is 24.1. The lowest BCUT2D eigenvalue weighted by Gasteiger charge is -2.27. The molecule has 35 heavy (non-hydrogen) atoms. The van der Waals surface area contributed by atoms with Crippen LogP contribution in [0, 0.1) is 5.82 Å². The van der Waals surface area contributed by atoms with Gasteiger partial charge in [-0.05, 0) is 60.6 Å². The molecule has 5 nitrogen and oxygen atoms in total. The number of carboxylic acid groups (broad SMARTS) is 1. The standard InChI is InChI=1S/C29H27FN2O3/c30-21-11-13-26-24(16-21)25-17-22(12-14-27(25)32(26)18-28(33)34)31-29(35)23(20-9-5-2-6-10-20)15-19-7-3-1-4-8-19/h1-11,13,16,22-23H,12,14-15,17-18H2,(H,31,35)(H,33,34). The molecule has 4 aromatic rings. The maximum Gasteiger partial charge on any atom is 0.323 e. The van der Waals surface area contributed by atoms with Gasteiger partial charge in [0.05, 0.1) is 5.92 Å². The van der Waals surface area contributed by atoms with E-state index >= 15 is 0 Å². The van der Waals surface area contributed by atoms with Gasteiger partial charge in [0.2, 0.25) is 5.91 Å². The number of carboxylic acids is 1.